The Bertz CT molecular complexity index is 944. The molecule has 7 nitrogen and oxygen atoms in total. The Morgan fingerprint density at radius 1 is 1.07 bits per heavy atom. The second kappa shape index (κ2) is 8.70. The van der Waals surface area contributed by atoms with Gasteiger partial charge in [0.1, 0.15) is 0 Å². The molecule has 1 heterocycles. The number of primary amides is 1. The number of amides is 2. The topological polar surface area (TPSA) is 103 Å². The summed E-state index contributed by atoms with van der Waals surface area (Å²) in [4.78, 5) is 23.4. The molecule has 27 heavy (non-hydrogen) atoms. The molecule has 3 N–H and O–H groups in total. The molecule has 0 fully saturated rings. The molecule has 3 aromatic rings. The molecule has 0 bridgehead atoms. The molecule has 3 rings (SSSR count). The number of aromatic nitrogens is 3. The number of hydrogen-bond acceptors (Lipinski definition) is 5. The molecule has 2 amide bonds. The van der Waals surface area contributed by atoms with Crippen molar-refractivity contribution in [1.29, 1.82) is 0 Å². The van der Waals surface area contributed by atoms with Crippen LogP contribution >= 0.6 is 23.4 Å². The Hall–Kier alpha value is -2.84. The van der Waals surface area contributed by atoms with Crippen molar-refractivity contribution in [1.82, 2.24) is 20.1 Å². The van der Waals surface area contributed by atoms with Gasteiger partial charge < -0.3 is 11.1 Å². The highest BCUT2D eigenvalue weighted by Crippen LogP contribution is 2.21. The highest BCUT2D eigenvalue weighted by atomic mass is 35.5. The van der Waals surface area contributed by atoms with Gasteiger partial charge in [-0.1, -0.05) is 41.6 Å². The van der Waals surface area contributed by atoms with Crippen LogP contribution in [0.5, 0.6) is 0 Å². The quantitative estimate of drug-likeness (QED) is 0.592. The first-order valence-corrected chi connectivity index (χ1v) is 9.35. The molecule has 0 unspecified atom stereocenters. The average molecular weight is 402 g/mol. The molecular weight excluding hydrogens is 386 g/mol. The van der Waals surface area contributed by atoms with Crippen LogP contribution in [-0.2, 0) is 11.3 Å². The van der Waals surface area contributed by atoms with Crippen molar-refractivity contribution >= 4 is 35.2 Å². The maximum absolute atomic E-state index is 12.3. The molecule has 0 radical (unpaired) electrons. The van der Waals surface area contributed by atoms with Crippen LogP contribution in [0.2, 0.25) is 5.02 Å². The first-order chi connectivity index (χ1) is 13.0. The van der Waals surface area contributed by atoms with Crippen LogP contribution in [0, 0.1) is 0 Å². The molecule has 0 saturated heterocycles. The number of halogens is 1. The molecule has 1 aromatic heterocycles. The molecule has 0 aliphatic rings. The number of nitrogens with two attached hydrogens (primary N) is 1. The molecular formula is C18H16ClN5O2S. The van der Waals surface area contributed by atoms with E-state index in [2.05, 4.69) is 15.5 Å². The van der Waals surface area contributed by atoms with Crippen LogP contribution in [-0.4, -0.2) is 32.3 Å². The van der Waals surface area contributed by atoms with Crippen molar-refractivity contribution < 1.29 is 9.59 Å². The van der Waals surface area contributed by atoms with Gasteiger partial charge in [-0.15, -0.1) is 10.2 Å². The molecule has 0 aliphatic heterocycles. The fraction of sp³-hybridized carbons (Fsp3) is 0.111. The van der Waals surface area contributed by atoms with Gasteiger partial charge in [0.2, 0.25) is 5.91 Å². The number of carbonyl (C=O) groups is 2. The van der Waals surface area contributed by atoms with Crippen molar-refractivity contribution in [3.63, 3.8) is 0 Å². The van der Waals surface area contributed by atoms with E-state index in [1.165, 1.54) is 11.8 Å². The summed E-state index contributed by atoms with van der Waals surface area (Å²) < 4.78 is 1.79. The molecule has 9 heteroatoms. The Morgan fingerprint density at radius 3 is 2.44 bits per heavy atom. The number of nitrogens with one attached hydrogen (secondary N) is 1. The summed E-state index contributed by atoms with van der Waals surface area (Å²) in [6, 6.07) is 16.0. The lowest BCUT2D eigenvalue weighted by Crippen LogP contribution is -2.24. The predicted octanol–water partition coefficient (Wildman–Crippen LogP) is 2.43. The third-order valence-electron chi connectivity index (χ3n) is 3.57. The van der Waals surface area contributed by atoms with Crippen LogP contribution in [0.1, 0.15) is 16.2 Å². The largest absolute Gasteiger partial charge is 0.369 e. The summed E-state index contributed by atoms with van der Waals surface area (Å²) in [5, 5.41) is 12.2. The van der Waals surface area contributed by atoms with Gasteiger partial charge in [0, 0.05) is 16.3 Å². The van der Waals surface area contributed by atoms with Crippen molar-refractivity contribution in [2.45, 2.75) is 11.7 Å². The fourth-order valence-electron chi connectivity index (χ4n) is 2.34. The van der Waals surface area contributed by atoms with Crippen molar-refractivity contribution in [2.75, 3.05) is 5.75 Å². The third kappa shape index (κ3) is 4.87. The summed E-state index contributed by atoms with van der Waals surface area (Å²) in [6.07, 6.45) is 0. The zero-order valence-electron chi connectivity index (χ0n) is 14.1. The minimum Gasteiger partial charge on any atom is -0.369 e. The van der Waals surface area contributed by atoms with Crippen LogP contribution in [0.15, 0.2) is 59.8 Å². The molecule has 0 saturated carbocycles. The minimum atomic E-state index is -0.444. The van der Waals surface area contributed by atoms with E-state index < -0.39 is 5.91 Å². The Balaban J connectivity index is 1.81. The molecule has 0 atom stereocenters. The number of benzene rings is 2. The van der Waals surface area contributed by atoms with E-state index in [-0.39, 0.29) is 18.2 Å². The maximum atomic E-state index is 12.3. The van der Waals surface area contributed by atoms with E-state index in [1.807, 2.05) is 30.3 Å². The fourth-order valence-corrected chi connectivity index (χ4v) is 3.18. The number of thioether (sulfide) groups is 1. The lowest BCUT2D eigenvalue weighted by molar-refractivity contribution is -0.115. The zero-order chi connectivity index (χ0) is 19.2. The Labute approximate surface area is 164 Å². The highest BCUT2D eigenvalue weighted by Gasteiger charge is 2.16. The van der Waals surface area contributed by atoms with E-state index in [9.17, 15) is 9.59 Å². The van der Waals surface area contributed by atoms with Gasteiger partial charge in [0.25, 0.3) is 5.91 Å². The van der Waals surface area contributed by atoms with Gasteiger partial charge in [-0.2, -0.15) is 0 Å². The summed E-state index contributed by atoms with van der Waals surface area (Å²) in [5.41, 5.74) is 6.54. The van der Waals surface area contributed by atoms with Gasteiger partial charge in [0.15, 0.2) is 11.0 Å². The van der Waals surface area contributed by atoms with Crippen LogP contribution in [0.4, 0.5) is 0 Å². The monoisotopic (exact) mass is 401 g/mol. The number of nitrogens with zero attached hydrogens (tertiary/aromatic N) is 3. The van der Waals surface area contributed by atoms with Gasteiger partial charge >= 0.3 is 0 Å². The Morgan fingerprint density at radius 2 is 1.78 bits per heavy atom. The van der Waals surface area contributed by atoms with Crippen molar-refractivity contribution in [2.24, 2.45) is 5.73 Å². The number of rotatable bonds is 7. The maximum Gasteiger partial charge on any atom is 0.251 e. The average Bonchev–Trinajstić information content (AvgIpc) is 3.08. The van der Waals surface area contributed by atoms with Crippen LogP contribution in [0.25, 0.3) is 5.69 Å². The van der Waals surface area contributed by atoms with E-state index in [0.717, 1.165) is 5.69 Å². The first-order valence-electron chi connectivity index (χ1n) is 7.99. The SMILES string of the molecule is NC(=O)CSc1nnc(CNC(=O)c2ccc(Cl)cc2)n1-c1ccccc1. The number of hydrogen-bond donors (Lipinski definition) is 2. The molecule has 2 aromatic carbocycles. The predicted molar refractivity (Wildman–Crippen MR) is 104 cm³/mol. The molecule has 0 spiro atoms. The van der Waals surface area contributed by atoms with E-state index in [0.29, 0.717) is 21.6 Å². The normalized spacial score (nSPS) is 10.6. The van der Waals surface area contributed by atoms with Gasteiger partial charge in [-0.3, -0.25) is 14.2 Å². The van der Waals surface area contributed by atoms with Gasteiger partial charge in [-0.25, -0.2) is 0 Å². The second-order valence-electron chi connectivity index (χ2n) is 5.51. The Kier molecular flexibility index (Phi) is 6.10. The highest BCUT2D eigenvalue weighted by molar-refractivity contribution is 7.99. The number of para-hydroxylation sites is 1. The van der Waals surface area contributed by atoms with Crippen molar-refractivity contribution in [3.05, 3.63) is 71.0 Å². The molecule has 138 valence electrons. The minimum absolute atomic E-state index is 0.0854. The first kappa shape index (κ1) is 18.9. The smallest absolute Gasteiger partial charge is 0.251 e. The van der Waals surface area contributed by atoms with E-state index in [1.54, 1.807) is 28.8 Å². The van der Waals surface area contributed by atoms with E-state index >= 15 is 0 Å². The summed E-state index contributed by atoms with van der Waals surface area (Å²) >= 11 is 7.03. The van der Waals surface area contributed by atoms with Gasteiger partial charge in [-0.05, 0) is 36.4 Å². The zero-order valence-corrected chi connectivity index (χ0v) is 15.7. The van der Waals surface area contributed by atoms with Gasteiger partial charge in [0.05, 0.1) is 12.3 Å². The lowest BCUT2D eigenvalue weighted by Gasteiger charge is -2.10. The number of carbonyl (C=O) groups excluding carboxylic acids is 2. The van der Waals surface area contributed by atoms with Crippen molar-refractivity contribution in [3.8, 4) is 5.69 Å². The lowest BCUT2D eigenvalue weighted by atomic mass is 10.2. The standard InChI is InChI=1S/C18H16ClN5O2S/c19-13-8-6-12(7-9-13)17(26)21-10-16-22-23-18(27-11-15(20)25)24(16)14-4-2-1-3-5-14/h1-9H,10-11H2,(H2,20,25)(H,21,26). The van der Waals surface area contributed by atoms with Crippen LogP contribution in [0.3, 0.4) is 0 Å². The summed E-state index contributed by atoms with van der Waals surface area (Å²) in [5.74, 6) is -0.0708. The van der Waals surface area contributed by atoms with E-state index in [4.69, 9.17) is 17.3 Å². The summed E-state index contributed by atoms with van der Waals surface area (Å²) in [6.45, 7) is 0.167. The third-order valence-corrected chi connectivity index (χ3v) is 4.78. The van der Waals surface area contributed by atoms with Crippen LogP contribution < -0.4 is 11.1 Å². The summed E-state index contributed by atoms with van der Waals surface area (Å²) in [7, 11) is 0. The second-order valence-corrected chi connectivity index (χ2v) is 6.89. The molecule has 0 aliphatic carbocycles.